The summed E-state index contributed by atoms with van der Waals surface area (Å²) in [6.07, 6.45) is 3.48. The zero-order valence-corrected chi connectivity index (χ0v) is 30.0. The summed E-state index contributed by atoms with van der Waals surface area (Å²) in [5, 5.41) is 21.0. The summed E-state index contributed by atoms with van der Waals surface area (Å²) in [5.74, 6) is 1.55. The van der Waals surface area contributed by atoms with E-state index in [1.807, 2.05) is 65.2 Å². The number of aliphatic hydroxyl groups excluding tert-OH is 2. The summed E-state index contributed by atoms with van der Waals surface area (Å²) >= 11 is 3.07. The predicted molar refractivity (Wildman–Crippen MR) is 202 cm³/mol. The third kappa shape index (κ3) is 6.27. The highest BCUT2D eigenvalue weighted by Crippen LogP contribution is 2.34. The third-order valence-electron chi connectivity index (χ3n) is 8.46. The summed E-state index contributed by atoms with van der Waals surface area (Å²) in [5.41, 5.74) is 5.30. The molecule has 0 saturated carbocycles. The van der Waals surface area contributed by atoms with Crippen LogP contribution in [0.1, 0.15) is 6.92 Å². The predicted octanol–water partition coefficient (Wildman–Crippen LogP) is 4.29. The van der Waals surface area contributed by atoms with Gasteiger partial charge in [-0.05, 0) is 16.8 Å². The Morgan fingerprint density at radius 2 is 1.18 bits per heavy atom. The zero-order chi connectivity index (χ0) is 35.1. The fraction of sp³-hybridized carbons (Fsp3) is 0.235. The van der Waals surface area contributed by atoms with Crippen LogP contribution in [-0.2, 0) is 13.1 Å². The third-order valence-corrected chi connectivity index (χ3v) is 12.7. The van der Waals surface area contributed by atoms with Gasteiger partial charge in [-0.1, -0.05) is 91.1 Å². The number of aromatic amines is 2. The van der Waals surface area contributed by atoms with E-state index in [-0.39, 0.29) is 54.1 Å². The van der Waals surface area contributed by atoms with E-state index in [1.54, 1.807) is 17.0 Å². The average molecular weight is 741 g/mol. The number of fused-ring (bicyclic) bond motifs is 4. The quantitative estimate of drug-likeness (QED) is 0.0986. The minimum absolute atomic E-state index is 0.119. The van der Waals surface area contributed by atoms with Crippen LogP contribution < -0.4 is 11.1 Å². The van der Waals surface area contributed by atoms with E-state index in [4.69, 9.17) is 15.0 Å². The van der Waals surface area contributed by atoms with Crippen molar-refractivity contribution in [2.24, 2.45) is 0 Å². The van der Waals surface area contributed by atoms with Crippen LogP contribution in [0.25, 0.3) is 56.4 Å². The number of nitrogens with zero attached hydrogens (tertiary/aromatic N) is 8. The maximum Gasteiger partial charge on any atom is 0.287 e. The number of benzene rings is 2. The highest BCUT2D eigenvalue weighted by Gasteiger charge is 2.21. The molecule has 51 heavy (non-hydrogen) atoms. The maximum absolute atomic E-state index is 13.5. The van der Waals surface area contributed by atoms with Crippen molar-refractivity contribution in [3.05, 3.63) is 93.8 Å². The molecule has 8 rings (SSSR count). The molecule has 0 aliphatic heterocycles. The minimum atomic E-state index is -0.271. The Kier molecular flexibility index (Phi) is 9.25. The molecule has 0 bridgehead atoms. The van der Waals surface area contributed by atoms with Gasteiger partial charge in [0.05, 0.1) is 24.6 Å². The summed E-state index contributed by atoms with van der Waals surface area (Å²) in [6, 6.07) is 19.4. The molecular weight excluding hydrogens is 708 g/mol. The van der Waals surface area contributed by atoms with E-state index < -0.39 is 0 Å². The monoisotopic (exact) mass is 740 g/mol. The number of aliphatic hydroxyl groups is 2. The molecule has 0 amide bonds. The van der Waals surface area contributed by atoms with Crippen LogP contribution in [0, 0.1) is 0 Å². The molecule has 4 N–H and O–H groups in total. The summed E-state index contributed by atoms with van der Waals surface area (Å²) in [7, 11) is 0.541. The SMILES string of the molecule is CC(CSc1nc2c(=O)n3cc(-c4ccccc4)[nH]c3nc2n1CCO)PCSc1nc2c(=O)n3cc(-c4ccccc4)[nH]c3nc2n1CCO. The molecule has 2 aromatic carbocycles. The summed E-state index contributed by atoms with van der Waals surface area (Å²) in [6.45, 7) is 2.44. The highest BCUT2D eigenvalue weighted by atomic mass is 32.2. The van der Waals surface area contributed by atoms with Crippen LogP contribution in [0.15, 0.2) is 93.0 Å². The van der Waals surface area contributed by atoms with Crippen LogP contribution in [0.2, 0.25) is 0 Å². The van der Waals surface area contributed by atoms with E-state index in [9.17, 15) is 19.8 Å². The second-order valence-corrected chi connectivity index (χ2v) is 16.1. The molecule has 14 nitrogen and oxygen atoms in total. The molecule has 6 aromatic heterocycles. The van der Waals surface area contributed by atoms with Gasteiger partial charge in [-0.15, -0.1) is 8.58 Å². The molecule has 260 valence electrons. The van der Waals surface area contributed by atoms with E-state index in [0.29, 0.717) is 41.7 Å². The molecule has 0 spiro atoms. The molecule has 0 fully saturated rings. The number of hydrogen-bond donors (Lipinski definition) is 4. The van der Waals surface area contributed by atoms with Gasteiger partial charge in [0.1, 0.15) is 0 Å². The average Bonchev–Trinajstić information content (AvgIpc) is 3.94. The van der Waals surface area contributed by atoms with Gasteiger partial charge in [-0.3, -0.25) is 9.59 Å². The normalized spacial score (nSPS) is 12.8. The number of nitrogens with one attached hydrogen (secondary N) is 2. The summed E-state index contributed by atoms with van der Waals surface area (Å²) in [4.78, 5) is 52.3. The van der Waals surface area contributed by atoms with Crippen LogP contribution >= 0.6 is 32.1 Å². The first-order valence-electron chi connectivity index (χ1n) is 16.3. The van der Waals surface area contributed by atoms with Crippen molar-refractivity contribution in [2.45, 2.75) is 36.0 Å². The standard InChI is InChI=1S/C34H33N10O4PS2/c1-20(18-50-33-37-25-27(41(33)12-14-45)39-31-35-23(16-43(31)29(25)47)21-8-4-2-5-9-21)49-19-51-34-38-26-28(42(34)13-15-46)40-32-36-24(17-44(32)30(26)48)22-10-6-3-7-11-22/h2-11,16-17,20,45-46,49H,12-15,18-19H2,1H3,(H,35,39)(H,36,40). The van der Waals surface area contributed by atoms with E-state index in [0.717, 1.165) is 33.8 Å². The van der Waals surface area contributed by atoms with Gasteiger partial charge in [-0.25, -0.2) is 18.8 Å². The number of aromatic nitrogens is 10. The first kappa shape index (κ1) is 33.4. The van der Waals surface area contributed by atoms with Crippen molar-refractivity contribution in [1.29, 1.82) is 0 Å². The largest absolute Gasteiger partial charge is 0.395 e. The van der Waals surface area contributed by atoms with Gasteiger partial charge in [0.15, 0.2) is 32.6 Å². The first-order chi connectivity index (χ1) is 24.9. The van der Waals surface area contributed by atoms with Gasteiger partial charge in [0, 0.05) is 36.7 Å². The first-order valence-corrected chi connectivity index (χ1v) is 19.5. The number of H-pyrrole nitrogens is 2. The molecular formula is C34H33N10O4PS2. The van der Waals surface area contributed by atoms with Crippen molar-refractivity contribution in [3.8, 4) is 22.5 Å². The second-order valence-electron chi connectivity index (χ2n) is 11.9. The lowest BCUT2D eigenvalue weighted by molar-refractivity contribution is 0.273. The number of rotatable bonds is 13. The van der Waals surface area contributed by atoms with Gasteiger partial charge in [0.25, 0.3) is 11.1 Å². The van der Waals surface area contributed by atoms with Crippen molar-refractivity contribution < 1.29 is 10.2 Å². The molecule has 0 radical (unpaired) electrons. The summed E-state index contributed by atoms with van der Waals surface area (Å²) < 4.78 is 6.57. The lowest BCUT2D eigenvalue weighted by atomic mass is 10.2. The van der Waals surface area contributed by atoms with Gasteiger partial charge in [0.2, 0.25) is 11.6 Å². The van der Waals surface area contributed by atoms with Crippen LogP contribution in [0.5, 0.6) is 0 Å². The van der Waals surface area contributed by atoms with Crippen molar-refractivity contribution in [3.63, 3.8) is 0 Å². The van der Waals surface area contributed by atoms with Gasteiger partial charge in [-0.2, -0.15) is 9.97 Å². The molecule has 2 unspecified atom stereocenters. The molecule has 0 saturated heterocycles. The lowest BCUT2D eigenvalue weighted by Gasteiger charge is -2.12. The molecule has 0 aliphatic rings. The molecule has 6 heterocycles. The molecule has 0 aliphatic carbocycles. The van der Waals surface area contributed by atoms with E-state index >= 15 is 0 Å². The Hall–Kier alpha value is -4.73. The lowest BCUT2D eigenvalue weighted by Crippen LogP contribution is -2.14. The van der Waals surface area contributed by atoms with Crippen molar-refractivity contribution in [2.75, 3.05) is 24.5 Å². The minimum Gasteiger partial charge on any atom is -0.395 e. The van der Waals surface area contributed by atoms with Crippen LogP contribution in [0.3, 0.4) is 0 Å². The number of imidazole rings is 4. The fourth-order valence-electron chi connectivity index (χ4n) is 5.93. The van der Waals surface area contributed by atoms with E-state index in [2.05, 4.69) is 21.9 Å². The number of thioether (sulfide) groups is 2. The maximum atomic E-state index is 13.5. The Labute approximate surface area is 299 Å². The van der Waals surface area contributed by atoms with Crippen LogP contribution in [0.4, 0.5) is 0 Å². The Morgan fingerprint density at radius 3 is 1.65 bits per heavy atom. The fourth-order valence-corrected chi connectivity index (χ4v) is 10.0. The van der Waals surface area contributed by atoms with E-state index in [1.165, 1.54) is 32.3 Å². The van der Waals surface area contributed by atoms with Crippen LogP contribution in [-0.4, -0.2) is 88.2 Å². The Morgan fingerprint density at radius 1 is 0.706 bits per heavy atom. The molecule has 8 aromatic rings. The molecule has 17 heteroatoms. The smallest absolute Gasteiger partial charge is 0.287 e. The Balaban J connectivity index is 0.978. The topological polar surface area (TPSA) is 176 Å². The van der Waals surface area contributed by atoms with Crippen molar-refractivity contribution in [1.82, 2.24) is 47.8 Å². The molecule has 2 atom stereocenters. The highest BCUT2D eigenvalue weighted by molar-refractivity contribution is 8.03. The second kappa shape index (κ2) is 14.1. The van der Waals surface area contributed by atoms with Crippen molar-refractivity contribution >= 4 is 66.0 Å². The number of hydrogen-bond acceptors (Lipinski definition) is 10. The van der Waals surface area contributed by atoms with Gasteiger partial charge < -0.3 is 29.3 Å². The Bertz CT molecular complexity index is 2630. The zero-order valence-electron chi connectivity index (χ0n) is 27.4. The van der Waals surface area contributed by atoms with Gasteiger partial charge >= 0.3 is 0 Å².